The van der Waals surface area contributed by atoms with Gasteiger partial charge >= 0.3 is 0 Å². The third-order valence-electron chi connectivity index (χ3n) is 5.77. The molecule has 0 unspecified atom stereocenters. The van der Waals surface area contributed by atoms with E-state index >= 15 is 0 Å². The molecule has 0 aliphatic rings. The van der Waals surface area contributed by atoms with Crippen LogP contribution >= 0.6 is 23.2 Å². The number of nitrogens with zero attached hydrogens (tertiary/aromatic N) is 3. The highest BCUT2D eigenvalue weighted by Crippen LogP contribution is 2.29. The molecule has 0 bridgehead atoms. The number of hydrogen-bond donors (Lipinski definition) is 1. The molecule has 1 aromatic heterocycles. The van der Waals surface area contributed by atoms with E-state index in [1.54, 1.807) is 39.9 Å². The quantitative estimate of drug-likeness (QED) is 0.296. The number of rotatable bonds is 7. The Balaban J connectivity index is 1.64. The van der Waals surface area contributed by atoms with Crippen LogP contribution in [0.3, 0.4) is 0 Å². The topological polar surface area (TPSA) is 67.2 Å². The van der Waals surface area contributed by atoms with Crippen molar-refractivity contribution in [1.29, 1.82) is 0 Å². The van der Waals surface area contributed by atoms with Gasteiger partial charge in [-0.25, -0.2) is 4.68 Å². The zero-order valence-corrected chi connectivity index (χ0v) is 21.7. The maximum atomic E-state index is 13.2. The van der Waals surface area contributed by atoms with Gasteiger partial charge in [0.15, 0.2) is 0 Å². The lowest BCUT2D eigenvalue weighted by Gasteiger charge is -2.27. The van der Waals surface area contributed by atoms with Crippen molar-refractivity contribution in [3.63, 3.8) is 0 Å². The predicted octanol–water partition coefficient (Wildman–Crippen LogP) is 6.64. The van der Waals surface area contributed by atoms with Gasteiger partial charge in [-0.05, 0) is 50.6 Å². The summed E-state index contributed by atoms with van der Waals surface area (Å²) in [5.74, 6) is -0.0861. The Morgan fingerprint density at radius 2 is 1.64 bits per heavy atom. The van der Waals surface area contributed by atoms with Crippen LogP contribution in [0.5, 0.6) is 0 Å². The van der Waals surface area contributed by atoms with Crippen molar-refractivity contribution in [2.75, 3.05) is 11.9 Å². The summed E-state index contributed by atoms with van der Waals surface area (Å²) < 4.78 is 1.60. The maximum Gasteiger partial charge on any atom is 0.254 e. The Labute approximate surface area is 220 Å². The fourth-order valence-corrected chi connectivity index (χ4v) is 4.12. The molecular formula is C28H26Cl2N4O2. The molecule has 4 rings (SSSR count). The van der Waals surface area contributed by atoms with Crippen LogP contribution in [0.15, 0.2) is 78.9 Å². The molecule has 1 N–H and O–H groups in total. The first kappa shape index (κ1) is 25.5. The summed E-state index contributed by atoms with van der Waals surface area (Å²) in [6.45, 7) is 5.54. The molecule has 0 spiro atoms. The third kappa shape index (κ3) is 5.61. The van der Waals surface area contributed by atoms with Gasteiger partial charge in [-0.1, -0.05) is 71.7 Å². The molecule has 0 saturated heterocycles. The molecular weight excluding hydrogens is 495 g/mol. The lowest BCUT2D eigenvalue weighted by atomic mass is 10.1. The summed E-state index contributed by atoms with van der Waals surface area (Å²) in [6.07, 6.45) is 0. The molecule has 0 aliphatic carbocycles. The standard InChI is InChI=1S/C28H26Cl2N4O2/c1-18(2)33(28(36)22-12-8-7-9-19(22)3)17-27(35)31-26-16-25(20-10-5-4-6-11-20)32-34(26)21-13-14-23(29)24(30)15-21/h4-16,18H,17H2,1-3H3,(H,31,35). The first-order valence-electron chi connectivity index (χ1n) is 11.5. The molecule has 0 aliphatic heterocycles. The molecule has 6 nitrogen and oxygen atoms in total. The Bertz CT molecular complexity index is 1400. The number of nitrogens with one attached hydrogen (secondary N) is 1. The number of aromatic nitrogens is 2. The summed E-state index contributed by atoms with van der Waals surface area (Å²) >= 11 is 12.4. The molecule has 0 radical (unpaired) electrons. The van der Waals surface area contributed by atoms with E-state index in [1.165, 1.54) is 0 Å². The van der Waals surface area contributed by atoms with Crippen LogP contribution in [-0.2, 0) is 4.79 Å². The van der Waals surface area contributed by atoms with E-state index in [0.717, 1.165) is 11.1 Å². The number of carbonyl (C=O) groups excluding carboxylic acids is 2. The van der Waals surface area contributed by atoms with Crippen LogP contribution in [0.4, 0.5) is 5.82 Å². The van der Waals surface area contributed by atoms with E-state index < -0.39 is 0 Å². The predicted molar refractivity (Wildman–Crippen MR) is 145 cm³/mol. The second-order valence-corrected chi connectivity index (χ2v) is 9.50. The minimum atomic E-state index is -0.341. The summed E-state index contributed by atoms with van der Waals surface area (Å²) in [5.41, 5.74) is 3.64. The van der Waals surface area contributed by atoms with E-state index in [-0.39, 0.29) is 24.4 Å². The summed E-state index contributed by atoms with van der Waals surface area (Å²) in [4.78, 5) is 28.0. The van der Waals surface area contributed by atoms with Crippen LogP contribution in [0.1, 0.15) is 29.8 Å². The largest absolute Gasteiger partial charge is 0.327 e. The summed E-state index contributed by atoms with van der Waals surface area (Å²) in [5, 5.41) is 8.43. The average molecular weight is 521 g/mol. The molecule has 184 valence electrons. The molecule has 1 heterocycles. The van der Waals surface area contributed by atoms with Crippen molar-refractivity contribution in [2.45, 2.75) is 26.8 Å². The zero-order valence-electron chi connectivity index (χ0n) is 20.2. The first-order chi connectivity index (χ1) is 17.2. The number of anilines is 1. The number of aryl methyl sites for hydroxylation is 1. The van der Waals surface area contributed by atoms with Gasteiger partial charge in [-0.3, -0.25) is 9.59 Å². The van der Waals surface area contributed by atoms with Gasteiger partial charge in [0.05, 0.1) is 21.4 Å². The van der Waals surface area contributed by atoms with Crippen molar-refractivity contribution in [2.24, 2.45) is 0 Å². The minimum absolute atomic E-state index is 0.113. The number of halogens is 2. The average Bonchev–Trinajstić information content (AvgIpc) is 3.28. The number of hydrogen-bond acceptors (Lipinski definition) is 3. The van der Waals surface area contributed by atoms with E-state index in [1.807, 2.05) is 69.3 Å². The van der Waals surface area contributed by atoms with Gasteiger partial charge in [-0.15, -0.1) is 0 Å². The van der Waals surface area contributed by atoms with Crippen LogP contribution in [-0.4, -0.2) is 39.1 Å². The number of benzene rings is 3. The summed E-state index contributed by atoms with van der Waals surface area (Å²) in [7, 11) is 0. The Kier molecular flexibility index (Phi) is 7.77. The normalized spacial score (nSPS) is 10.9. The fraction of sp³-hybridized carbons (Fsp3) is 0.179. The van der Waals surface area contributed by atoms with Gasteiger partial charge in [0, 0.05) is 23.2 Å². The molecule has 0 fully saturated rings. The molecule has 4 aromatic rings. The SMILES string of the molecule is Cc1ccccc1C(=O)N(CC(=O)Nc1cc(-c2ccccc2)nn1-c1ccc(Cl)c(Cl)c1)C(C)C. The van der Waals surface area contributed by atoms with Crippen molar-refractivity contribution in [1.82, 2.24) is 14.7 Å². The van der Waals surface area contributed by atoms with Crippen LogP contribution in [0.25, 0.3) is 16.9 Å². The maximum absolute atomic E-state index is 13.2. The van der Waals surface area contributed by atoms with Gasteiger partial charge < -0.3 is 10.2 Å². The second-order valence-electron chi connectivity index (χ2n) is 8.68. The highest BCUT2D eigenvalue weighted by Gasteiger charge is 2.24. The highest BCUT2D eigenvalue weighted by atomic mass is 35.5. The van der Waals surface area contributed by atoms with Gasteiger partial charge in [-0.2, -0.15) is 5.10 Å². The van der Waals surface area contributed by atoms with Crippen molar-refractivity contribution in [3.05, 3.63) is 100 Å². The molecule has 36 heavy (non-hydrogen) atoms. The monoisotopic (exact) mass is 520 g/mol. The van der Waals surface area contributed by atoms with Crippen molar-refractivity contribution >= 4 is 40.8 Å². The third-order valence-corrected chi connectivity index (χ3v) is 6.51. The van der Waals surface area contributed by atoms with E-state index in [2.05, 4.69) is 5.32 Å². The van der Waals surface area contributed by atoms with Gasteiger partial charge in [0.25, 0.3) is 5.91 Å². The zero-order chi connectivity index (χ0) is 25.8. The first-order valence-corrected chi connectivity index (χ1v) is 12.3. The fourth-order valence-electron chi connectivity index (χ4n) is 3.83. The lowest BCUT2D eigenvalue weighted by molar-refractivity contribution is -0.117. The Morgan fingerprint density at radius 3 is 2.31 bits per heavy atom. The van der Waals surface area contributed by atoms with Crippen LogP contribution < -0.4 is 5.32 Å². The van der Waals surface area contributed by atoms with Crippen LogP contribution in [0.2, 0.25) is 10.0 Å². The smallest absolute Gasteiger partial charge is 0.254 e. The van der Waals surface area contributed by atoms with Crippen molar-refractivity contribution < 1.29 is 9.59 Å². The number of carbonyl (C=O) groups is 2. The van der Waals surface area contributed by atoms with Gasteiger partial charge in [0.1, 0.15) is 12.4 Å². The molecule has 0 atom stereocenters. The molecule has 3 aromatic carbocycles. The van der Waals surface area contributed by atoms with E-state index in [9.17, 15) is 9.59 Å². The molecule has 8 heteroatoms. The summed E-state index contributed by atoms with van der Waals surface area (Å²) in [6, 6.07) is 23.7. The second kappa shape index (κ2) is 11.0. The Hall–Kier alpha value is -3.61. The van der Waals surface area contributed by atoms with E-state index in [4.69, 9.17) is 28.3 Å². The molecule has 2 amide bonds. The highest BCUT2D eigenvalue weighted by molar-refractivity contribution is 6.42. The minimum Gasteiger partial charge on any atom is -0.327 e. The van der Waals surface area contributed by atoms with Crippen LogP contribution in [0, 0.1) is 6.92 Å². The van der Waals surface area contributed by atoms with Gasteiger partial charge in [0.2, 0.25) is 5.91 Å². The Morgan fingerprint density at radius 1 is 0.944 bits per heavy atom. The lowest BCUT2D eigenvalue weighted by Crippen LogP contribution is -2.42. The van der Waals surface area contributed by atoms with E-state index in [0.29, 0.717) is 32.8 Å². The number of amides is 2. The molecule has 0 saturated carbocycles. The van der Waals surface area contributed by atoms with Crippen molar-refractivity contribution in [3.8, 4) is 16.9 Å².